The molecule has 18 heavy (non-hydrogen) atoms. The van der Waals surface area contributed by atoms with Crippen LogP contribution in [-0.2, 0) is 19.1 Å². The molecular formula is C8H4Cl2N2O6. The molecule has 1 aliphatic carbocycles. The van der Waals surface area contributed by atoms with Gasteiger partial charge in [0.1, 0.15) is 10.1 Å². The summed E-state index contributed by atoms with van der Waals surface area (Å²) in [5.41, 5.74) is 9.34. The van der Waals surface area contributed by atoms with Crippen LogP contribution in [0.2, 0.25) is 0 Å². The van der Waals surface area contributed by atoms with E-state index >= 15 is 0 Å². The number of ketones is 2. The van der Waals surface area contributed by atoms with E-state index in [0.29, 0.717) is 0 Å². The molecule has 2 amide bonds. The summed E-state index contributed by atoms with van der Waals surface area (Å²) >= 11 is 10.9. The maximum Gasteiger partial charge on any atom is 0.410 e. The standard InChI is InChI=1S/C8H4Cl2N2O6/c9-1-3(13)6(18-8(12)16)2(10)4(14)5(1)17-7(11)15/h(H2,11,15)(H2,12,16). The zero-order valence-electron chi connectivity index (χ0n) is 8.36. The Morgan fingerprint density at radius 2 is 1.11 bits per heavy atom. The van der Waals surface area contributed by atoms with E-state index in [-0.39, 0.29) is 0 Å². The molecule has 0 radical (unpaired) electrons. The summed E-state index contributed by atoms with van der Waals surface area (Å²) in [5, 5.41) is -1.61. The third-order valence-corrected chi connectivity index (χ3v) is 2.30. The topological polar surface area (TPSA) is 139 Å². The number of halogens is 2. The van der Waals surface area contributed by atoms with Crippen molar-refractivity contribution in [2.75, 3.05) is 0 Å². The van der Waals surface area contributed by atoms with E-state index in [9.17, 15) is 19.2 Å². The van der Waals surface area contributed by atoms with Gasteiger partial charge < -0.3 is 20.9 Å². The van der Waals surface area contributed by atoms with Gasteiger partial charge in [-0.25, -0.2) is 9.59 Å². The second-order valence-electron chi connectivity index (χ2n) is 2.79. The first-order valence-electron chi connectivity index (χ1n) is 4.09. The largest absolute Gasteiger partial charge is 0.410 e. The van der Waals surface area contributed by atoms with Gasteiger partial charge in [-0.2, -0.15) is 0 Å². The Labute approximate surface area is 109 Å². The fourth-order valence-electron chi connectivity index (χ4n) is 0.988. The molecule has 0 aromatic heterocycles. The van der Waals surface area contributed by atoms with Crippen LogP contribution >= 0.6 is 23.2 Å². The monoisotopic (exact) mass is 294 g/mol. The van der Waals surface area contributed by atoms with Crippen molar-refractivity contribution in [3.63, 3.8) is 0 Å². The Morgan fingerprint density at radius 1 is 0.833 bits per heavy atom. The molecule has 0 spiro atoms. The van der Waals surface area contributed by atoms with Crippen LogP contribution in [0.25, 0.3) is 0 Å². The van der Waals surface area contributed by atoms with Crippen molar-refractivity contribution in [3.05, 3.63) is 21.6 Å². The summed E-state index contributed by atoms with van der Waals surface area (Å²) in [7, 11) is 0. The molecular weight excluding hydrogens is 291 g/mol. The molecule has 0 bridgehead atoms. The predicted octanol–water partition coefficient (Wildman–Crippen LogP) is 0.230. The first kappa shape index (κ1) is 14.0. The molecule has 0 aliphatic heterocycles. The highest BCUT2D eigenvalue weighted by atomic mass is 35.5. The fraction of sp³-hybridized carbons (Fsp3) is 0. The summed E-state index contributed by atoms with van der Waals surface area (Å²) in [4.78, 5) is 44.1. The SMILES string of the molecule is NC(=O)OC1=C(Cl)C(=O)C(OC(N)=O)=C(Cl)C1=O. The first-order chi connectivity index (χ1) is 8.25. The molecule has 1 aliphatic rings. The van der Waals surface area contributed by atoms with E-state index in [0.717, 1.165) is 0 Å². The van der Waals surface area contributed by atoms with E-state index in [1.54, 1.807) is 0 Å². The molecule has 8 nitrogen and oxygen atoms in total. The highest BCUT2D eigenvalue weighted by molar-refractivity contribution is 6.55. The van der Waals surface area contributed by atoms with Gasteiger partial charge in [-0.1, -0.05) is 23.2 Å². The molecule has 0 heterocycles. The number of hydrogen-bond acceptors (Lipinski definition) is 6. The van der Waals surface area contributed by atoms with Gasteiger partial charge in [0, 0.05) is 0 Å². The van der Waals surface area contributed by atoms with E-state index in [1.165, 1.54) is 0 Å². The summed E-state index contributed by atoms with van der Waals surface area (Å²) in [6, 6.07) is 0. The second-order valence-corrected chi connectivity index (χ2v) is 3.54. The van der Waals surface area contributed by atoms with E-state index in [4.69, 9.17) is 23.2 Å². The Kier molecular flexibility index (Phi) is 3.94. The van der Waals surface area contributed by atoms with Crippen LogP contribution in [-0.4, -0.2) is 23.8 Å². The minimum absolute atomic E-state index is 0.806. The maximum absolute atomic E-state index is 11.6. The molecule has 1 rings (SSSR count). The normalized spacial score (nSPS) is 15.9. The van der Waals surface area contributed by atoms with Gasteiger partial charge >= 0.3 is 12.2 Å². The smallest absolute Gasteiger partial charge is 0.404 e. The lowest BCUT2D eigenvalue weighted by Crippen LogP contribution is -2.28. The zero-order valence-corrected chi connectivity index (χ0v) is 9.87. The maximum atomic E-state index is 11.6. The van der Waals surface area contributed by atoms with Gasteiger partial charge in [0.25, 0.3) is 0 Å². The number of Topliss-reactive ketones (excluding diaryl/α,β-unsaturated/α-hetero) is 2. The van der Waals surface area contributed by atoms with Crippen LogP contribution in [0.1, 0.15) is 0 Å². The third-order valence-electron chi connectivity index (χ3n) is 1.62. The predicted molar refractivity (Wildman–Crippen MR) is 57.1 cm³/mol. The van der Waals surface area contributed by atoms with Crippen molar-refractivity contribution in [1.29, 1.82) is 0 Å². The lowest BCUT2D eigenvalue weighted by Gasteiger charge is -2.15. The average molecular weight is 295 g/mol. The van der Waals surface area contributed by atoms with Crippen molar-refractivity contribution in [2.24, 2.45) is 11.5 Å². The minimum atomic E-state index is -1.37. The van der Waals surface area contributed by atoms with Gasteiger partial charge in [-0.05, 0) is 0 Å². The molecule has 0 fully saturated rings. The number of primary amides is 2. The third kappa shape index (κ3) is 2.60. The number of amides is 2. The number of carbonyl (C=O) groups excluding carboxylic acids is 4. The lowest BCUT2D eigenvalue weighted by molar-refractivity contribution is -0.119. The molecule has 0 aromatic rings. The van der Waals surface area contributed by atoms with Crippen LogP contribution in [0.5, 0.6) is 0 Å². The Bertz CT molecular complexity index is 488. The minimum Gasteiger partial charge on any atom is -0.404 e. The van der Waals surface area contributed by atoms with Crippen LogP contribution in [0.15, 0.2) is 21.6 Å². The van der Waals surface area contributed by atoms with Crippen LogP contribution in [0.3, 0.4) is 0 Å². The second kappa shape index (κ2) is 5.07. The number of allylic oxidation sites excluding steroid dienone is 2. The van der Waals surface area contributed by atoms with E-state index in [1.807, 2.05) is 0 Å². The molecule has 0 saturated carbocycles. The van der Waals surface area contributed by atoms with Crippen molar-refractivity contribution in [2.45, 2.75) is 0 Å². The molecule has 0 saturated heterocycles. The first-order valence-corrected chi connectivity index (χ1v) is 4.84. The molecule has 0 unspecified atom stereocenters. The van der Waals surface area contributed by atoms with Gasteiger partial charge in [0.15, 0.2) is 0 Å². The summed E-state index contributed by atoms with van der Waals surface area (Å²) in [6.45, 7) is 0. The fourth-order valence-corrected chi connectivity index (χ4v) is 1.41. The molecule has 0 atom stereocenters. The van der Waals surface area contributed by atoms with Crippen molar-refractivity contribution < 1.29 is 28.7 Å². The Balaban J connectivity index is 3.22. The van der Waals surface area contributed by atoms with Crippen LogP contribution in [0.4, 0.5) is 9.59 Å². The van der Waals surface area contributed by atoms with Gasteiger partial charge in [-0.3, -0.25) is 9.59 Å². The lowest BCUT2D eigenvalue weighted by atomic mass is 10.1. The Hall–Kier alpha value is -2.06. The summed E-state index contributed by atoms with van der Waals surface area (Å²) < 4.78 is 8.47. The van der Waals surface area contributed by atoms with Gasteiger partial charge in [-0.15, -0.1) is 0 Å². The highest BCUT2D eigenvalue weighted by Crippen LogP contribution is 2.30. The highest BCUT2D eigenvalue weighted by Gasteiger charge is 2.37. The van der Waals surface area contributed by atoms with Crippen LogP contribution in [0, 0.1) is 0 Å². The van der Waals surface area contributed by atoms with E-state index < -0.39 is 45.3 Å². The Morgan fingerprint density at radius 3 is 1.33 bits per heavy atom. The average Bonchev–Trinajstić information content (AvgIpc) is 2.27. The van der Waals surface area contributed by atoms with Gasteiger partial charge in [0.05, 0.1) is 0 Å². The molecule has 4 N–H and O–H groups in total. The molecule has 0 aromatic carbocycles. The summed E-state index contributed by atoms with van der Waals surface area (Å²) in [5.74, 6) is -3.99. The number of hydrogen-bond donors (Lipinski definition) is 2. The van der Waals surface area contributed by atoms with Crippen molar-refractivity contribution in [3.8, 4) is 0 Å². The molecule has 10 heteroatoms. The van der Waals surface area contributed by atoms with Gasteiger partial charge in [0.2, 0.25) is 23.1 Å². The summed E-state index contributed by atoms with van der Waals surface area (Å²) in [6.07, 6.45) is -2.74. The number of nitrogens with two attached hydrogens (primary N) is 2. The van der Waals surface area contributed by atoms with E-state index in [2.05, 4.69) is 20.9 Å². The number of rotatable bonds is 2. The quantitative estimate of drug-likeness (QED) is 0.699. The zero-order chi connectivity index (χ0) is 14.0. The van der Waals surface area contributed by atoms with Crippen molar-refractivity contribution >= 4 is 47.0 Å². The number of carbonyl (C=O) groups is 4. The van der Waals surface area contributed by atoms with Crippen molar-refractivity contribution in [1.82, 2.24) is 0 Å². The number of ether oxygens (including phenoxy) is 2. The van der Waals surface area contributed by atoms with Crippen LogP contribution < -0.4 is 11.5 Å². The molecule has 96 valence electrons.